The van der Waals surface area contributed by atoms with Crippen molar-refractivity contribution >= 4 is 54.2 Å². The van der Waals surface area contributed by atoms with E-state index in [4.69, 9.17) is 0 Å². The summed E-state index contributed by atoms with van der Waals surface area (Å²) in [7, 11) is -4.93. The van der Waals surface area contributed by atoms with Gasteiger partial charge in [-0.15, -0.1) is 0 Å². The van der Waals surface area contributed by atoms with Crippen LogP contribution in [0.25, 0.3) is 11.0 Å². The number of fused-ring (bicyclic) bond motifs is 1. The summed E-state index contributed by atoms with van der Waals surface area (Å²) in [6, 6.07) is 8.94. The molecule has 0 radical (unpaired) electrons. The van der Waals surface area contributed by atoms with Gasteiger partial charge in [-0.3, -0.25) is 4.72 Å². The second-order valence-electron chi connectivity index (χ2n) is 6.02. The third-order valence-corrected chi connectivity index (χ3v) is 7.67. The van der Waals surface area contributed by atoms with Crippen molar-refractivity contribution < 1.29 is 16.8 Å². The highest BCUT2D eigenvalue weighted by atomic mass is 32.2. The lowest BCUT2D eigenvalue weighted by molar-refractivity contribution is 0.521. The molecule has 12 heteroatoms. The minimum Gasteiger partial charge on any atom is -0.384 e. The lowest BCUT2D eigenvalue weighted by atomic mass is 10.2. The molecule has 0 unspecified atom stereocenters. The molecule has 0 aliphatic carbocycles. The third kappa shape index (κ3) is 3.81. The number of aromatic nitrogens is 2. The van der Waals surface area contributed by atoms with Crippen molar-refractivity contribution in [1.29, 1.82) is 0 Å². The molecule has 0 aliphatic rings. The average molecular weight is 442 g/mol. The molecule has 0 atom stereocenters. The Kier molecular flexibility index (Phi) is 5.57. The van der Waals surface area contributed by atoms with Crippen LogP contribution in [0.4, 0.5) is 11.4 Å². The number of hydrogen-bond donors (Lipinski definition) is 2. The summed E-state index contributed by atoms with van der Waals surface area (Å²) >= 11 is 0.920. The molecule has 1 aromatic heterocycles. The number of nitrogens with one attached hydrogen (secondary N) is 2. The van der Waals surface area contributed by atoms with Crippen LogP contribution < -0.4 is 10.0 Å². The Morgan fingerprint density at radius 2 is 1.79 bits per heavy atom. The number of sulfonamides is 2. The molecule has 0 aliphatic heterocycles. The molecule has 1 heterocycles. The van der Waals surface area contributed by atoms with Crippen molar-refractivity contribution in [3.05, 3.63) is 36.4 Å². The van der Waals surface area contributed by atoms with Crippen molar-refractivity contribution in [2.24, 2.45) is 0 Å². The molecule has 0 bridgehead atoms. The monoisotopic (exact) mass is 441 g/mol. The Hall–Kier alpha value is -2.28. The maximum atomic E-state index is 13.0. The van der Waals surface area contributed by atoms with Crippen LogP contribution in [0.5, 0.6) is 0 Å². The van der Waals surface area contributed by atoms with Gasteiger partial charge in [0.25, 0.3) is 10.0 Å². The van der Waals surface area contributed by atoms with E-state index in [1.165, 1.54) is 38.4 Å². The van der Waals surface area contributed by atoms with Crippen molar-refractivity contribution in [1.82, 2.24) is 13.1 Å². The maximum absolute atomic E-state index is 13.0. The third-order valence-electron chi connectivity index (χ3n) is 3.92. The van der Waals surface area contributed by atoms with Gasteiger partial charge < -0.3 is 5.32 Å². The van der Waals surface area contributed by atoms with Gasteiger partial charge in [0, 0.05) is 20.6 Å². The largest absolute Gasteiger partial charge is 0.384 e. The smallest absolute Gasteiger partial charge is 0.264 e. The van der Waals surface area contributed by atoms with Crippen molar-refractivity contribution in [3.8, 4) is 0 Å². The van der Waals surface area contributed by atoms with E-state index in [1.54, 1.807) is 12.1 Å². The summed E-state index contributed by atoms with van der Waals surface area (Å²) in [5, 5.41) is 3.03. The summed E-state index contributed by atoms with van der Waals surface area (Å²) in [6.45, 7) is 2.38. The number of benzene rings is 2. The molecule has 150 valence electrons. The Balaban J connectivity index is 2.10. The van der Waals surface area contributed by atoms with Gasteiger partial charge in [0.05, 0.1) is 28.0 Å². The highest BCUT2D eigenvalue weighted by molar-refractivity contribution is 7.93. The highest BCUT2D eigenvalue weighted by Gasteiger charge is 2.23. The first-order valence-corrected chi connectivity index (χ1v) is 11.9. The van der Waals surface area contributed by atoms with Gasteiger partial charge in [0.15, 0.2) is 0 Å². The minimum absolute atomic E-state index is 0.0228. The van der Waals surface area contributed by atoms with Crippen LogP contribution in [0.3, 0.4) is 0 Å². The molecule has 0 fully saturated rings. The first-order chi connectivity index (χ1) is 13.2. The summed E-state index contributed by atoms with van der Waals surface area (Å²) in [6.07, 6.45) is 0. The fourth-order valence-corrected chi connectivity index (χ4v) is 5.29. The van der Waals surface area contributed by atoms with E-state index < -0.39 is 20.0 Å². The van der Waals surface area contributed by atoms with Crippen molar-refractivity contribution in [2.45, 2.75) is 16.7 Å². The fraction of sp³-hybridized carbons (Fsp3) is 0.250. The van der Waals surface area contributed by atoms with Gasteiger partial charge in [0.2, 0.25) is 10.0 Å². The molecule has 0 saturated heterocycles. The second-order valence-corrected chi connectivity index (χ2v) is 10.3. The van der Waals surface area contributed by atoms with Gasteiger partial charge in [-0.1, -0.05) is 6.07 Å². The fourth-order valence-electron chi connectivity index (χ4n) is 2.52. The Morgan fingerprint density at radius 3 is 2.46 bits per heavy atom. The number of rotatable bonds is 7. The lowest BCUT2D eigenvalue weighted by Gasteiger charge is -2.17. The Labute approximate surface area is 167 Å². The van der Waals surface area contributed by atoms with Crippen LogP contribution in [0.2, 0.25) is 0 Å². The van der Waals surface area contributed by atoms with E-state index in [-0.39, 0.29) is 21.0 Å². The number of hydrogen-bond acceptors (Lipinski definition) is 8. The molecule has 0 saturated carbocycles. The van der Waals surface area contributed by atoms with Gasteiger partial charge in [-0.05, 0) is 37.3 Å². The second kappa shape index (κ2) is 7.62. The first kappa shape index (κ1) is 20.5. The molecular formula is C16H19N5O4S3. The number of nitrogens with zero attached hydrogens (tertiary/aromatic N) is 3. The van der Waals surface area contributed by atoms with Crippen LogP contribution >= 0.6 is 11.7 Å². The molecule has 9 nitrogen and oxygen atoms in total. The Bertz CT molecular complexity index is 1220. The predicted molar refractivity (Wildman–Crippen MR) is 110 cm³/mol. The van der Waals surface area contributed by atoms with E-state index in [0.29, 0.717) is 17.7 Å². The zero-order valence-corrected chi connectivity index (χ0v) is 17.8. The highest BCUT2D eigenvalue weighted by Crippen LogP contribution is 2.30. The molecule has 2 N–H and O–H groups in total. The average Bonchev–Trinajstić information content (AvgIpc) is 3.11. The molecule has 28 heavy (non-hydrogen) atoms. The number of anilines is 2. The summed E-state index contributed by atoms with van der Waals surface area (Å²) in [4.78, 5) is -0.0487. The summed E-state index contributed by atoms with van der Waals surface area (Å²) in [5.74, 6) is 0. The molecule has 0 spiro atoms. The zero-order valence-electron chi connectivity index (χ0n) is 15.4. The Morgan fingerprint density at radius 1 is 1.04 bits per heavy atom. The topological polar surface area (TPSA) is 121 Å². The molecule has 3 aromatic rings. The van der Waals surface area contributed by atoms with Gasteiger partial charge in [-0.2, -0.15) is 8.75 Å². The van der Waals surface area contributed by atoms with Gasteiger partial charge >= 0.3 is 0 Å². The van der Waals surface area contributed by atoms with E-state index in [9.17, 15) is 16.8 Å². The maximum Gasteiger partial charge on any atom is 0.264 e. The standard InChI is InChI=1S/C16H19N5O4S3/c1-4-17-12-9-8-11(28(24,25)21(2)3)10-14(12)20-27(22,23)15-7-5-6-13-16(15)19-26-18-13/h5-10,17,20H,4H2,1-3H3. The van der Waals surface area contributed by atoms with Crippen LogP contribution in [0.1, 0.15) is 6.92 Å². The van der Waals surface area contributed by atoms with Crippen LogP contribution in [-0.2, 0) is 20.0 Å². The van der Waals surface area contributed by atoms with Crippen LogP contribution in [0.15, 0.2) is 46.2 Å². The van der Waals surface area contributed by atoms with Gasteiger partial charge in [-0.25, -0.2) is 21.1 Å². The normalized spacial score (nSPS) is 12.4. The van der Waals surface area contributed by atoms with E-state index in [2.05, 4.69) is 18.8 Å². The SMILES string of the molecule is CCNc1ccc(S(=O)(=O)N(C)C)cc1NS(=O)(=O)c1cccc2nsnc12. The van der Waals surface area contributed by atoms with Crippen LogP contribution in [0, 0.1) is 0 Å². The van der Waals surface area contributed by atoms with Gasteiger partial charge in [0.1, 0.15) is 15.9 Å². The quantitative estimate of drug-likeness (QED) is 0.576. The molecular weight excluding hydrogens is 422 g/mol. The van der Waals surface area contributed by atoms with Crippen molar-refractivity contribution in [3.63, 3.8) is 0 Å². The molecule has 3 rings (SSSR count). The molecule has 0 amide bonds. The first-order valence-electron chi connectivity index (χ1n) is 8.21. The lowest BCUT2D eigenvalue weighted by Crippen LogP contribution is -2.23. The van der Waals surface area contributed by atoms with E-state index in [1.807, 2.05) is 6.92 Å². The molecule has 2 aromatic carbocycles. The van der Waals surface area contributed by atoms with Crippen molar-refractivity contribution in [2.75, 3.05) is 30.7 Å². The zero-order chi connectivity index (χ0) is 20.5. The van der Waals surface area contributed by atoms with E-state index in [0.717, 1.165) is 16.0 Å². The predicted octanol–water partition coefficient (Wildman–Crippen LogP) is 2.17. The minimum atomic E-state index is -4.03. The van der Waals surface area contributed by atoms with Crippen LogP contribution in [-0.4, -0.2) is 50.5 Å². The summed E-state index contributed by atoms with van der Waals surface area (Å²) in [5.41, 5.74) is 1.34. The summed E-state index contributed by atoms with van der Waals surface area (Å²) < 4.78 is 62.5. The van der Waals surface area contributed by atoms with E-state index >= 15 is 0 Å².